The van der Waals surface area contributed by atoms with Crippen LogP contribution in [0.15, 0.2) is 0 Å². The number of hydrogen-bond donors (Lipinski definition) is 1. The Bertz CT molecular complexity index is 407. The highest BCUT2D eigenvalue weighted by Crippen LogP contribution is 2.42. The van der Waals surface area contributed by atoms with Crippen LogP contribution in [0.25, 0.3) is 0 Å². The van der Waals surface area contributed by atoms with Crippen molar-refractivity contribution in [3.8, 4) is 0 Å². The summed E-state index contributed by atoms with van der Waals surface area (Å²) in [6.07, 6.45) is 11.6. The van der Waals surface area contributed by atoms with Gasteiger partial charge in [0.05, 0.1) is 5.25 Å². The van der Waals surface area contributed by atoms with E-state index in [2.05, 4.69) is 6.92 Å². The van der Waals surface area contributed by atoms with E-state index in [-0.39, 0.29) is 5.25 Å². The van der Waals surface area contributed by atoms with Crippen molar-refractivity contribution in [2.45, 2.75) is 76.0 Å². The third kappa shape index (κ3) is 3.97. The minimum Gasteiger partial charge on any atom is -0.327 e. The van der Waals surface area contributed by atoms with Gasteiger partial charge in [-0.25, -0.2) is 8.42 Å². The van der Waals surface area contributed by atoms with Gasteiger partial charge in [0.25, 0.3) is 0 Å². The largest absolute Gasteiger partial charge is 0.327 e. The second kappa shape index (κ2) is 6.78. The van der Waals surface area contributed by atoms with Gasteiger partial charge in [-0.05, 0) is 49.9 Å². The number of sulfone groups is 1. The van der Waals surface area contributed by atoms with E-state index in [1.807, 2.05) is 0 Å². The fourth-order valence-electron chi connectivity index (χ4n) is 4.49. The molecule has 5 atom stereocenters. The number of rotatable bonds is 4. The Morgan fingerprint density at radius 1 is 1.10 bits per heavy atom. The molecule has 0 aromatic carbocycles. The second-order valence-electron chi connectivity index (χ2n) is 7.17. The summed E-state index contributed by atoms with van der Waals surface area (Å²) in [5.74, 6) is 1.92. The first-order valence-corrected chi connectivity index (χ1v) is 10.3. The van der Waals surface area contributed by atoms with Gasteiger partial charge in [0.2, 0.25) is 0 Å². The van der Waals surface area contributed by atoms with Gasteiger partial charge in [-0.3, -0.25) is 0 Å². The predicted octanol–water partition coefficient (Wildman–Crippen LogP) is 3.13. The molecular weight excluding hydrogens is 270 g/mol. The minimum absolute atomic E-state index is 0.111. The zero-order valence-corrected chi connectivity index (χ0v) is 13.9. The average molecular weight is 301 g/mol. The Kier molecular flexibility index (Phi) is 5.52. The van der Waals surface area contributed by atoms with E-state index in [1.165, 1.54) is 38.4 Å². The molecule has 2 saturated carbocycles. The lowest BCUT2D eigenvalue weighted by atomic mass is 9.67. The van der Waals surface area contributed by atoms with Crippen molar-refractivity contribution in [1.82, 2.24) is 0 Å². The predicted molar refractivity (Wildman–Crippen MR) is 84.3 cm³/mol. The first kappa shape index (κ1) is 16.3. The highest BCUT2D eigenvalue weighted by Gasteiger charge is 2.38. The first-order valence-electron chi connectivity index (χ1n) is 8.36. The van der Waals surface area contributed by atoms with Crippen molar-refractivity contribution in [3.63, 3.8) is 0 Å². The Morgan fingerprint density at radius 2 is 1.85 bits per heavy atom. The van der Waals surface area contributed by atoms with Gasteiger partial charge in [0.1, 0.15) is 9.84 Å². The highest BCUT2D eigenvalue weighted by atomic mass is 32.2. The Hall–Kier alpha value is -0.0900. The van der Waals surface area contributed by atoms with Gasteiger partial charge < -0.3 is 5.73 Å². The molecule has 20 heavy (non-hydrogen) atoms. The molecule has 2 N–H and O–H groups in total. The van der Waals surface area contributed by atoms with Crippen LogP contribution < -0.4 is 5.73 Å². The summed E-state index contributed by atoms with van der Waals surface area (Å²) in [7, 11) is -2.88. The maximum Gasteiger partial charge on any atom is 0.150 e. The molecule has 0 heterocycles. The van der Waals surface area contributed by atoms with Gasteiger partial charge >= 0.3 is 0 Å². The van der Waals surface area contributed by atoms with Crippen molar-refractivity contribution in [2.24, 2.45) is 23.5 Å². The van der Waals surface area contributed by atoms with E-state index in [4.69, 9.17) is 5.73 Å². The monoisotopic (exact) mass is 301 g/mol. The summed E-state index contributed by atoms with van der Waals surface area (Å²) < 4.78 is 23.7. The van der Waals surface area contributed by atoms with E-state index >= 15 is 0 Å². The maximum atomic E-state index is 11.8. The smallest absolute Gasteiger partial charge is 0.150 e. The van der Waals surface area contributed by atoms with E-state index in [1.54, 1.807) is 0 Å². The van der Waals surface area contributed by atoms with Crippen LogP contribution in [0.2, 0.25) is 0 Å². The zero-order valence-electron chi connectivity index (χ0n) is 13.1. The lowest BCUT2D eigenvalue weighted by molar-refractivity contribution is 0.133. The lowest BCUT2D eigenvalue weighted by Crippen LogP contribution is -2.43. The van der Waals surface area contributed by atoms with E-state index in [0.29, 0.717) is 17.9 Å². The lowest BCUT2D eigenvalue weighted by Gasteiger charge is -2.42. The molecule has 2 aliphatic carbocycles. The third-order valence-corrected chi connectivity index (χ3v) is 7.28. The van der Waals surface area contributed by atoms with Gasteiger partial charge in [-0.15, -0.1) is 0 Å². The molecule has 2 rings (SSSR count). The van der Waals surface area contributed by atoms with Gasteiger partial charge in [-0.1, -0.05) is 32.6 Å². The van der Waals surface area contributed by atoms with Gasteiger partial charge in [-0.2, -0.15) is 0 Å². The van der Waals surface area contributed by atoms with E-state index in [0.717, 1.165) is 31.6 Å². The Balaban J connectivity index is 2.01. The average Bonchev–Trinajstić information content (AvgIpc) is 2.40. The van der Waals surface area contributed by atoms with Crippen LogP contribution in [0.3, 0.4) is 0 Å². The maximum absolute atomic E-state index is 11.8. The Morgan fingerprint density at radius 3 is 2.50 bits per heavy atom. The minimum atomic E-state index is -2.88. The fraction of sp³-hybridized carbons (Fsp3) is 1.00. The van der Waals surface area contributed by atoms with Crippen molar-refractivity contribution < 1.29 is 8.42 Å². The summed E-state index contributed by atoms with van der Waals surface area (Å²) in [5, 5.41) is -0.111. The normalized spacial score (nSPS) is 39.6. The molecule has 0 aliphatic heterocycles. The molecule has 0 radical (unpaired) electrons. The standard InChI is InChI=1S/C16H31NO2S/c1-3-5-12-8-9-16(17)15(10-12)13-6-4-7-14(11-13)20(2,18)19/h12-16H,3-11,17H2,1-2H3. The molecule has 2 fully saturated rings. The summed E-state index contributed by atoms with van der Waals surface area (Å²) in [6, 6.07) is 0.298. The van der Waals surface area contributed by atoms with Crippen LogP contribution in [0.4, 0.5) is 0 Å². The molecule has 5 unspecified atom stereocenters. The van der Waals surface area contributed by atoms with Crippen LogP contribution in [0.1, 0.15) is 64.7 Å². The van der Waals surface area contributed by atoms with Crippen LogP contribution in [-0.4, -0.2) is 26.0 Å². The quantitative estimate of drug-likeness (QED) is 0.868. The summed E-state index contributed by atoms with van der Waals surface area (Å²) in [5.41, 5.74) is 6.37. The summed E-state index contributed by atoms with van der Waals surface area (Å²) in [4.78, 5) is 0. The molecule has 0 amide bonds. The molecule has 0 spiro atoms. The first-order chi connectivity index (χ1) is 9.41. The molecular formula is C16H31NO2S. The van der Waals surface area contributed by atoms with E-state index < -0.39 is 9.84 Å². The number of hydrogen-bond acceptors (Lipinski definition) is 3. The molecule has 0 aromatic rings. The van der Waals surface area contributed by atoms with Crippen LogP contribution in [-0.2, 0) is 9.84 Å². The van der Waals surface area contributed by atoms with Crippen LogP contribution >= 0.6 is 0 Å². The van der Waals surface area contributed by atoms with Crippen molar-refractivity contribution in [3.05, 3.63) is 0 Å². The molecule has 0 saturated heterocycles. The van der Waals surface area contributed by atoms with Crippen molar-refractivity contribution in [2.75, 3.05) is 6.26 Å². The topological polar surface area (TPSA) is 60.2 Å². The molecule has 3 nitrogen and oxygen atoms in total. The summed E-state index contributed by atoms with van der Waals surface area (Å²) >= 11 is 0. The molecule has 0 bridgehead atoms. The summed E-state index contributed by atoms with van der Waals surface area (Å²) in [6.45, 7) is 2.25. The van der Waals surface area contributed by atoms with Gasteiger partial charge in [0, 0.05) is 12.3 Å². The fourth-order valence-corrected chi connectivity index (χ4v) is 5.68. The molecule has 2 aliphatic rings. The Labute approximate surface area is 124 Å². The van der Waals surface area contributed by atoms with Crippen LogP contribution in [0, 0.1) is 17.8 Å². The second-order valence-corrected chi connectivity index (χ2v) is 9.50. The van der Waals surface area contributed by atoms with Crippen LogP contribution in [0.5, 0.6) is 0 Å². The van der Waals surface area contributed by atoms with Gasteiger partial charge in [0.15, 0.2) is 0 Å². The highest BCUT2D eigenvalue weighted by molar-refractivity contribution is 7.91. The molecule has 0 aromatic heterocycles. The zero-order chi connectivity index (χ0) is 14.8. The molecule has 4 heteroatoms. The van der Waals surface area contributed by atoms with E-state index in [9.17, 15) is 8.42 Å². The van der Waals surface area contributed by atoms with Crippen molar-refractivity contribution >= 4 is 9.84 Å². The third-order valence-electron chi connectivity index (χ3n) is 5.64. The SMILES string of the molecule is CCCC1CCC(N)C(C2CCCC(S(C)(=O)=O)C2)C1. The van der Waals surface area contributed by atoms with Crippen molar-refractivity contribution in [1.29, 1.82) is 0 Å². The molecule has 118 valence electrons. The number of nitrogens with two attached hydrogens (primary N) is 1.